The van der Waals surface area contributed by atoms with Crippen molar-refractivity contribution in [3.05, 3.63) is 29.8 Å². The third-order valence-electron chi connectivity index (χ3n) is 4.47. The van der Waals surface area contributed by atoms with Gasteiger partial charge in [0.1, 0.15) is 0 Å². The SMILES string of the molecule is O=C(O)c1ccccc1S[C@@H]1CC(=O)N(C2CCCCC2)C1=O. The second-order valence-electron chi connectivity index (χ2n) is 6.01. The minimum absolute atomic E-state index is 0.0315. The van der Waals surface area contributed by atoms with Gasteiger partial charge in [0.2, 0.25) is 11.8 Å². The second kappa shape index (κ2) is 6.74. The molecule has 0 aromatic heterocycles. The van der Waals surface area contributed by atoms with Gasteiger partial charge in [0.25, 0.3) is 0 Å². The van der Waals surface area contributed by atoms with Crippen LogP contribution in [-0.4, -0.2) is 39.1 Å². The minimum atomic E-state index is -1.02. The number of hydrogen-bond donors (Lipinski definition) is 1. The van der Waals surface area contributed by atoms with Crippen LogP contribution in [0.25, 0.3) is 0 Å². The maximum atomic E-state index is 12.6. The zero-order valence-electron chi connectivity index (χ0n) is 12.7. The van der Waals surface area contributed by atoms with E-state index < -0.39 is 11.2 Å². The molecule has 1 saturated carbocycles. The van der Waals surface area contributed by atoms with Crippen LogP contribution in [0.15, 0.2) is 29.2 Å². The van der Waals surface area contributed by atoms with Crippen molar-refractivity contribution in [2.75, 3.05) is 0 Å². The molecule has 3 rings (SSSR count). The monoisotopic (exact) mass is 333 g/mol. The third kappa shape index (κ3) is 3.27. The first-order chi connectivity index (χ1) is 11.1. The molecule has 1 aromatic carbocycles. The van der Waals surface area contributed by atoms with Crippen LogP contribution in [-0.2, 0) is 9.59 Å². The fourth-order valence-corrected chi connectivity index (χ4v) is 4.52. The molecule has 1 aliphatic heterocycles. The van der Waals surface area contributed by atoms with Crippen molar-refractivity contribution in [1.29, 1.82) is 0 Å². The molecular weight excluding hydrogens is 314 g/mol. The predicted octanol–water partition coefficient (Wildman–Crippen LogP) is 2.94. The molecular formula is C17H19NO4S. The number of nitrogens with zero attached hydrogens (tertiary/aromatic N) is 1. The summed E-state index contributed by atoms with van der Waals surface area (Å²) in [5, 5.41) is 8.73. The van der Waals surface area contributed by atoms with Gasteiger partial charge >= 0.3 is 5.97 Å². The van der Waals surface area contributed by atoms with E-state index in [0.29, 0.717) is 4.90 Å². The molecule has 2 aliphatic rings. The number of carbonyl (C=O) groups is 3. The van der Waals surface area contributed by atoms with Gasteiger partial charge in [0.15, 0.2) is 0 Å². The van der Waals surface area contributed by atoms with E-state index >= 15 is 0 Å². The predicted molar refractivity (Wildman–Crippen MR) is 86.4 cm³/mol. The summed E-state index contributed by atoms with van der Waals surface area (Å²) < 4.78 is 0. The van der Waals surface area contributed by atoms with E-state index in [4.69, 9.17) is 0 Å². The van der Waals surface area contributed by atoms with Crippen molar-refractivity contribution < 1.29 is 19.5 Å². The van der Waals surface area contributed by atoms with Crippen LogP contribution >= 0.6 is 11.8 Å². The number of rotatable bonds is 4. The maximum absolute atomic E-state index is 12.6. The fraction of sp³-hybridized carbons (Fsp3) is 0.471. The minimum Gasteiger partial charge on any atom is -0.478 e. The Morgan fingerprint density at radius 3 is 2.52 bits per heavy atom. The first-order valence-electron chi connectivity index (χ1n) is 7.93. The van der Waals surface area contributed by atoms with Crippen molar-refractivity contribution in [2.24, 2.45) is 0 Å². The first kappa shape index (κ1) is 16.1. The highest BCUT2D eigenvalue weighted by Crippen LogP contribution is 2.36. The number of likely N-dealkylation sites (tertiary alicyclic amines) is 1. The summed E-state index contributed by atoms with van der Waals surface area (Å²) in [6, 6.07) is 6.64. The van der Waals surface area contributed by atoms with Crippen LogP contribution in [0.2, 0.25) is 0 Å². The van der Waals surface area contributed by atoms with E-state index in [1.807, 2.05) is 0 Å². The zero-order valence-corrected chi connectivity index (χ0v) is 13.6. The fourth-order valence-electron chi connectivity index (χ4n) is 3.34. The molecule has 0 unspecified atom stereocenters. The highest BCUT2D eigenvalue weighted by atomic mass is 32.2. The van der Waals surface area contributed by atoms with Crippen LogP contribution < -0.4 is 0 Å². The van der Waals surface area contributed by atoms with Crippen molar-refractivity contribution >= 4 is 29.5 Å². The van der Waals surface area contributed by atoms with E-state index in [-0.39, 0.29) is 29.8 Å². The van der Waals surface area contributed by atoms with Gasteiger partial charge in [-0.15, -0.1) is 11.8 Å². The summed E-state index contributed by atoms with van der Waals surface area (Å²) in [5.74, 6) is -1.30. The topological polar surface area (TPSA) is 74.7 Å². The average Bonchev–Trinajstić information content (AvgIpc) is 2.82. The zero-order chi connectivity index (χ0) is 16.4. The lowest BCUT2D eigenvalue weighted by molar-refractivity contribution is -0.141. The van der Waals surface area contributed by atoms with Gasteiger partial charge in [0, 0.05) is 17.4 Å². The number of thioether (sulfide) groups is 1. The highest BCUT2D eigenvalue weighted by Gasteiger charge is 2.43. The summed E-state index contributed by atoms with van der Waals surface area (Å²) in [6.45, 7) is 0. The molecule has 0 spiro atoms. The van der Waals surface area contributed by atoms with Crippen LogP contribution in [0.4, 0.5) is 0 Å². The van der Waals surface area contributed by atoms with E-state index in [2.05, 4.69) is 0 Å². The highest BCUT2D eigenvalue weighted by molar-refractivity contribution is 8.00. The number of carboxylic acids is 1. The lowest BCUT2D eigenvalue weighted by Crippen LogP contribution is -2.41. The van der Waals surface area contributed by atoms with Crippen LogP contribution in [0.5, 0.6) is 0 Å². The molecule has 0 radical (unpaired) electrons. The Morgan fingerprint density at radius 2 is 1.83 bits per heavy atom. The standard InChI is InChI=1S/C17H19NO4S/c19-15-10-14(16(20)18(15)11-6-2-1-3-7-11)23-13-9-5-4-8-12(13)17(21)22/h4-5,8-9,11,14H,1-3,6-7,10H2,(H,21,22)/t14-/m1/s1. The molecule has 1 atom stereocenters. The van der Waals surface area contributed by atoms with Crippen LogP contribution in [0, 0.1) is 0 Å². The Bertz CT molecular complexity index is 639. The molecule has 1 aromatic rings. The molecule has 2 fully saturated rings. The molecule has 1 N–H and O–H groups in total. The normalized spacial score (nSPS) is 22.6. The lowest BCUT2D eigenvalue weighted by Gasteiger charge is -2.29. The van der Waals surface area contributed by atoms with E-state index in [9.17, 15) is 19.5 Å². The number of benzene rings is 1. The summed E-state index contributed by atoms with van der Waals surface area (Å²) in [7, 11) is 0. The van der Waals surface area contributed by atoms with E-state index in [1.165, 1.54) is 22.7 Å². The van der Waals surface area contributed by atoms with E-state index in [0.717, 1.165) is 32.1 Å². The largest absolute Gasteiger partial charge is 0.478 e. The number of carbonyl (C=O) groups excluding carboxylic acids is 2. The lowest BCUT2D eigenvalue weighted by atomic mass is 9.94. The Kier molecular flexibility index (Phi) is 4.71. The van der Waals surface area contributed by atoms with Gasteiger partial charge in [-0.3, -0.25) is 14.5 Å². The van der Waals surface area contributed by atoms with Crippen molar-refractivity contribution in [1.82, 2.24) is 4.90 Å². The summed E-state index contributed by atoms with van der Waals surface area (Å²) in [4.78, 5) is 38.2. The third-order valence-corrected chi connectivity index (χ3v) is 5.73. The van der Waals surface area contributed by atoms with Gasteiger partial charge in [-0.2, -0.15) is 0 Å². The summed E-state index contributed by atoms with van der Waals surface area (Å²) in [6.07, 6.45) is 5.22. The molecule has 122 valence electrons. The summed E-state index contributed by atoms with van der Waals surface area (Å²) >= 11 is 1.19. The first-order valence-corrected chi connectivity index (χ1v) is 8.81. The van der Waals surface area contributed by atoms with Gasteiger partial charge in [0.05, 0.1) is 10.8 Å². The van der Waals surface area contributed by atoms with Crippen LogP contribution in [0.3, 0.4) is 0 Å². The Morgan fingerprint density at radius 1 is 1.13 bits per heavy atom. The molecule has 1 aliphatic carbocycles. The molecule has 23 heavy (non-hydrogen) atoms. The molecule has 1 heterocycles. The van der Waals surface area contributed by atoms with Crippen molar-refractivity contribution in [3.63, 3.8) is 0 Å². The smallest absolute Gasteiger partial charge is 0.336 e. The number of imide groups is 1. The maximum Gasteiger partial charge on any atom is 0.336 e. The van der Waals surface area contributed by atoms with Gasteiger partial charge in [-0.25, -0.2) is 4.79 Å². The van der Waals surface area contributed by atoms with Crippen LogP contribution in [0.1, 0.15) is 48.9 Å². The average molecular weight is 333 g/mol. The molecule has 2 amide bonds. The molecule has 1 saturated heterocycles. The van der Waals surface area contributed by atoms with Gasteiger partial charge in [-0.1, -0.05) is 31.4 Å². The van der Waals surface area contributed by atoms with Gasteiger partial charge in [-0.05, 0) is 25.0 Å². The van der Waals surface area contributed by atoms with Crippen molar-refractivity contribution in [2.45, 2.75) is 54.7 Å². The molecule has 6 heteroatoms. The number of aromatic carboxylic acids is 1. The Hall–Kier alpha value is -1.82. The van der Waals surface area contributed by atoms with Gasteiger partial charge < -0.3 is 5.11 Å². The Balaban J connectivity index is 1.76. The van der Waals surface area contributed by atoms with E-state index in [1.54, 1.807) is 18.2 Å². The van der Waals surface area contributed by atoms with Crippen molar-refractivity contribution in [3.8, 4) is 0 Å². The molecule has 5 nitrogen and oxygen atoms in total. The Labute approximate surface area is 139 Å². The summed E-state index contributed by atoms with van der Waals surface area (Å²) in [5.41, 5.74) is 0.175. The number of amides is 2. The number of hydrogen-bond acceptors (Lipinski definition) is 4. The number of carboxylic acid groups (broad SMARTS) is 1. The molecule has 0 bridgehead atoms. The second-order valence-corrected chi connectivity index (χ2v) is 7.25. The quantitative estimate of drug-likeness (QED) is 0.858.